The van der Waals surface area contributed by atoms with Crippen molar-refractivity contribution in [2.75, 3.05) is 4.72 Å². The van der Waals surface area contributed by atoms with Crippen LogP contribution in [0.1, 0.15) is 10.4 Å². The van der Waals surface area contributed by atoms with Gasteiger partial charge in [-0.3, -0.25) is 4.72 Å². The van der Waals surface area contributed by atoms with Crippen molar-refractivity contribution in [1.82, 2.24) is 0 Å². The fraction of sp³-hybridized carbons (Fsp3) is 0.167. The molecule has 2 aromatic rings. The minimum absolute atomic E-state index is 0.122. The highest BCUT2D eigenvalue weighted by molar-refractivity contribution is 9.10. The highest BCUT2D eigenvalue weighted by Crippen LogP contribution is 2.26. The number of nitrogens with one attached hydrogen (secondary N) is 1. The molecule has 0 aliphatic carbocycles. The number of aliphatic hydroxyl groups excluding tert-OH is 1. The third-order valence-corrected chi connectivity index (χ3v) is 5.92. The summed E-state index contributed by atoms with van der Waals surface area (Å²) < 4.78 is 27.8. The fourth-order valence-electron chi connectivity index (χ4n) is 1.55. The van der Waals surface area contributed by atoms with E-state index in [0.29, 0.717) is 10.6 Å². The first-order valence-electron chi connectivity index (χ1n) is 5.40. The maximum Gasteiger partial charge on any atom is 0.263 e. The molecule has 0 fully saturated rings. The standard InChI is InChI=1S/C12H12BrNO3S2/c1-8-2-3-9(6-10(8)13)14-19(16,17)12-4-5-18-11(12)7-15/h2-6,14-15H,7H2,1H3. The van der Waals surface area contributed by atoms with Crippen molar-refractivity contribution in [3.8, 4) is 0 Å². The molecule has 0 radical (unpaired) electrons. The third-order valence-electron chi connectivity index (χ3n) is 2.56. The van der Waals surface area contributed by atoms with Crippen LogP contribution in [-0.4, -0.2) is 13.5 Å². The lowest BCUT2D eigenvalue weighted by Gasteiger charge is -2.09. The largest absolute Gasteiger partial charge is 0.391 e. The van der Waals surface area contributed by atoms with Gasteiger partial charge in [-0.1, -0.05) is 22.0 Å². The average molecular weight is 362 g/mol. The molecule has 4 nitrogen and oxygen atoms in total. The Balaban J connectivity index is 2.34. The van der Waals surface area contributed by atoms with E-state index in [1.807, 2.05) is 13.0 Å². The monoisotopic (exact) mass is 361 g/mol. The molecular weight excluding hydrogens is 350 g/mol. The van der Waals surface area contributed by atoms with E-state index in [4.69, 9.17) is 5.11 Å². The Morgan fingerprint density at radius 2 is 2.11 bits per heavy atom. The summed E-state index contributed by atoms with van der Waals surface area (Å²) >= 11 is 4.57. The summed E-state index contributed by atoms with van der Waals surface area (Å²) in [6.45, 7) is 1.64. The topological polar surface area (TPSA) is 66.4 Å². The lowest BCUT2D eigenvalue weighted by molar-refractivity contribution is 0.282. The van der Waals surface area contributed by atoms with Crippen LogP contribution in [0.2, 0.25) is 0 Å². The molecule has 0 saturated heterocycles. The first-order valence-corrected chi connectivity index (χ1v) is 8.56. The van der Waals surface area contributed by atoms with Crippen LogP contribution in [0.15, 0.2) is 39.0 Å². The number of thiophene rings is 1. The van der Waals surface area contributed by atoms with Gasteiger partial charge in [-0.15, -0.1) is 11.3 Å². The number of sulfonamides is 1. The Morgan fingerprint density at radius 3 is 2.74 bits per heavy atom. The molecule has 0 bridgehead atoms. The third kappa shape index (κ3) is 3.17. The molecule has 0 atom stereocenters. The second-order valence-corrected chi connectivity index (χ2v) is 7.44. The van der Waals surface area contributed by atoms with Crippen LogP contribution in [0.3, 0.4) is 0 Å². The molecule has 7 heteroatoms. The van der Waals surface area contributed by atoms with E-state index in [1.165, 1.54) is 17.4 Å². The molecule has 0 saturated carbocycles. The Hall–Kier alpha value is -0.890. The molecule has 2 rings (SSSR count). The quantitative estimate of drug-likeness (QED) is 0.878. The number of aliphatic hydroxyl groups is 1. The lowest BCUT2D eigenvalue weighted by Crippen LogP contribution is -2.13. The van der Waals surface area contributed by atoms with E-state index in [9.17, 15) is 8.42 Å². The van der Waals surface area contributed by atoms with Gasteiger partial charge in [0.2, 0.25) is 0 Å². The number of hydrogen-bond donors (Lipinski definition) is 2. The molecule has 1 aromatic heterocycles. The normalized spacial score (nSPS) is 11.5. The zero-order valence-electron chi connectivity index (χ0n) is 10.1. The van der Waals surface area contributed by atoms with Crippen LogP contribution in [0.25, 0.3) is 0 Å². The van der Waals surface area contributed by atoms with Crippen LogP contribution in [-0.2, 0) is 16.6 Å². The van der Waals surface area contributed by atoms with Crippen molar-refractivity contribution in [2.45, 2.75) is 18.4 Å². The van der Waals surface area contributed by atoms with Crippen LogP contribution in [0.4, 0.5) is 5.69 Å². The predicted octanol–water partition coefficient (Wildman–Crippen LogP) is 3.11. The molecule has 0 aliphatic rings. The smallest absolute Gasteiger partial charge is 0.263 e. The predicted molar refractivity (Wildman–Crippen MR) is 79.9 cm³/mol. The van der Waals surface area contributed by atoms with E-state index in [-0.39, 0.29) is 11.5 Å². The second kappa shape index (κ2) is 5.62. The SMILES string of the molecule is Cc1ccc(NS(=O)(=O)c2ccsc2CO)cc1Br. The van der Waals surface area contributed by atoms with Crippen LogP contribution in [0, 0.1) is 6.92 Å². The molecule has 1 heterocycles. The number of hydrogen-bond acceptors (Lipinski definition) is 4. The molecule has 0 aliphatic heterocycles. The summed E-state index contributed by atoms with van der Waals surface area (Å²) in [6, 6.07) is 6.71. The van der Waals surface area contributed by atoms with E-state index >= 15 is 0 Å². The molecule has 0 unspecified atom stereocenters. The van der Waals surface area contributed by atoms with Gasteiger partial charge in [0, 0.05) is 10.2 Å². The van der Waals surface area contributed by atoms with Gasteiger partial charge in [0.1, 0.15) is 4.90 Å². The summed E-state index contributed by atoms with van der Waals surface area (Å²) in [5.74, 6) is 0. The maximum absolute atomic E-state index is 12.2. The summed E-state index contributed by atoms with van der Waals surface area (Å²) in [4.78, 5) is 0.551. The Bertz CT molecular complexity index is 695. The molecular formula is C12H12BrNO3S2. The van der Waals surface area contributed by atoms with Crippen molar-refractivity contribution in [2.24, 2.45) is 0 Å². The number of halogens is 1. The molecule has 0 amide bonds. The van der Waals surface area contributed by atoms with Crippen molar-refractivity contribution < 1.29 is 13.5 Å². The van der Waals surface area contributed by atoms with E-state index in [0.717, 1.165) is 10.0 Å². The first kappa shape index (κ1) is 14.5. The van der Waals surface area contributed by atoms with Gasteiger partial charge in [-0.25, -0.2) is 8.42 Å². The van der Waals surface area contributed by atoms with Crippen LogP contribution >= 0.6 is 27.3 Å². The van der Waals surface area contributed by atoms with Crippen molar-refractivity contribution in [3.63, 3.8) is 0 Å². The Morgan fingerprint density at radius 1 is 1.37 bits per heavy atom. The highest BCUT2D eigenvalue weighted by Gasteiger charge is 2.19. The van der Waals surface area contributed by atoms with Gasteiger partial charge in [0.25, 0.3) is 10.0 Å². The van der Waals surface area contributed by atoms with Gasteiger partial charge in [-0.2, -0.15) is 0 Å². The molecule has 19 heavy (non-hydrogen) atoms. The van der Waals surface area contributed by atoms with Crippen molar-refractivity contribution in [1.29, 1.82) is 0 Å². The first-order chi connectivity index (χ1) is 8.94. The molecule has 2 N–H and O–H groups in total. The zero-order valence-corrected chi connectivity index (χ0v) is 13.3. The van der Waals surface area contributed by atoms with E-state index < -0.39 is 10.0 Å². The van der Waals surface area contributed by atoms with Gasteiger partial charge in [-0.05, 0) is 36.1 Å². The van der Waals surface area contributed by atoms with Gasteiger partial charge < -0.3 is 5.11 Å². The molecule has 102 valence electrons. The highest BCUT2D eigenvalue weighted by atomic mass is 79.9. The molecule has 1 aromatic carbocycles. The Labute approximate surface area is 124 Å². The summed E-state index contributed by atoms with van der Waals surface area (Å²) in [6.07, 6.45) is 0. The average Bonchev–Trinajstić information content (AvgIpc) is 2.82. The second-order valence-electron chi connectivity index (χ2n) is 3.94. The molecule has 0 spiro atoms. The number of benzene rings is 1. The zero-order chi connectivity index (χ0) is 14.0. The minimum Gasteiger partial charge on any atom is -0.391 e. The number of rotatable bonds is 4. The minimum atomic E-state index is -3.66. The van der Waals surface area contributed by atoms with Gasteiger partial charge in [0.05, 0.1) is 11.5 Å². The van der Waals surface area contributed by atoms with E-state index in [2.05, 4.69) is 20.7 Å². The number of anilines is 1. The summed E-state index contributed by atoms with van der Waals surface area (Å²) in [5, 5.41) is 10.8. The fourth-order valence-corrected chi connectivity index (χ4v) is 4.27. The van der Waals surface area contributed by atoms with Crippen molar-refractivity contribution in [3.05, 3.63) is 44.6 Å². The summed E-state index contributed by atoms with van der Waals surface area (Å²) in [5.41, 5.74) is 1.50. The maximum atomic E-state index is 12.2. The van der Waals surface area contributed by atoms with Gasteiger partial charge >= 0.3 is 0 Å². The van der Waals surface area contributed by atoms with Crippen molar-refractivity contribution >= 4 is 43.0 Å². The van der Waals surface area contributed by atoms with Crippen LogP contribution < -0.4 is 4.72 Å². The van der Waals surface area contributed by atoms with Crippen LogP contribution in [0.5, 0.6) is 0 Å². The van der Waals surface area contributed by atoms with E-state index in [1.54, 1.807) is 17.5 Å². The van der Waals surface area contributed by atoms with Gasteiger partial charge in [0.15, 0.2) is 0 Å². The summed E-state index contributed by atoms with van der Waals surface area (Å²) in [7, 11) is -3.66. The number of aryl methyl sites for hydroxylation is 1. The lowest BCUT2D eigenvalue weighted by atomic mass is 10.2. The Kier molecular flexibility index (Phi) is 4.29.